The van der Waals surface area contributed by atoms with Gasteiger partial charge in [-0.15, -0.1) is 0 Å². The van der Waals surface area contributed by atoms with E-state index in [0.29, 0.717) is 12.1 Å². The van der Waals surface area contributed by atoms with Gasteiger partial charge in [-0.25, -0.2) is 0 Å². The number of ketones is 1. The van der Waals surface area contributed by atoms with Gasteiger partial charge in [-0.05, 0) is 25.0 Å². The molecule has 0 saturated carbocycles. The molecule has 0 spiro atoms. The van der Waals surface area contributed by atoms with Crippen molar-refractivity contribution in [3.63, 3.8) is 0 Å². The highest BCUT2D eigenvalue weighted by molar-refractivity contribution is 6.46. The monoisotopic (exact) mass is 378 g/mol. The topological polar surface area (TPSA) is 64.9 Å². The first-order chi connectivity index (χ1) is 13.6. The fraction of sp³-hybridized carbons (Fsp3) is 0.304. The summed E-state index contributed by atoms with van der Waals surface area (Å²) in [5.74, 6) is -1.64. The molecule has 1 unspecified atom stereocenters. The van der Waals surface area contributed by atoms with E-state index in [1.54, 1.807) is 29.2 Å². The van der Waals surface area contributed by atoms with Gasteiger partial charge in [0, 0.05) is 5.57 Å². The number of rotatable bonds is 7. The number of carbonyl (C=O) groups excluding carboxylic acids is 2. The second kappa shape index (κ2) is 8.85. The first-order valence-electron chi connectivity index (χ1n) is 9.78. The summed E-state index contributed by atoms with van der Waals surface area (Å²) in [7, 11) is 0. The molecule has 2 aromatic carbocycles. The Labute approximate surface area is 165 Å². The van der Waals surface area contributed by atoms with Gasteiger partial charge in [0.15, 0.2) is 0 Å². The van der Waals surface area contributed by atoms with E-state index in [4.69, 9.17) is 0 Å². The maximum Gasteiger partial charge on any atom is 0.295 e. The Balaban J connectivity index is 2.06. The van der Waals surface area contributed by atoms with Crippen LogP contribution in [0.25, 0.3) is 5.76 Å². The van der Waals surface area contributed by atoms with Crippen molar-refractivity contribution in [2.24, 2.45) is 0 Å². The highest BCUT2D eigenvalue weighted by Gasteiger charge is 2.44. The highest BCUT2D eigenvalue weighted by atomic mass is 16.3. The third-order valence-corrected chi connectivity index (χ3v) is 5.39. The Morgan fingerprint density at radius 3 is 2.11 bits per heavy atom. The van der Waals surface area contributed by atoms with Crippen molar-refractivity contribution >= 4 is 17.4 Å². The molecule has 1 aliphatic heterocycles. The summed E-state index contributed by atoms with van der Waals surface area (Å²) in [5.41, 5.74) is 1.27. The molecule has 5 heteroatoms. The minimum Gasteiger partial charge on any atom is -0.872 e. The van der Waals surface area contributed by atoms with Gasteiger partial charge in [0.25, 0.3) is 5.91 Å². The molecule has 1 N–H and O–H groups in total. The van der Waals surface area contributed by atoms with Gasteiger partial charge in [0.05, 0.1) is 32.2 Å². The fourth-order valence-electron chi connectivity index (χ4n) is 3.71. The minimum atomic E-state index is -0.683. The zero-order chi connectivity index (χ0) is 20.1. The van der Waals surface area contributed by atoms with E-state index in [-0.39, 0.29) is 11.3 Å². The van der Waals surface area contributed by atoms with Gasteiger partial charge < -0.3 is 14.9 Å². The zero-order valence-electron chi connectivity index (χ0n) is 16.4. The third-order valence-electron chi connectivity index (χ3n) is 5.39. The second-order valence-electron chi connectivity index (χ2n) is 6.96. The van der Waals surface area contributed by atoms with Crippen LogP contribution in [-0.4, -0.2) is 42.8 Å². The lowest BCUT2D eigenvalue weighted by Crippen LogP contribution is -3.12. The van der Waals surface area contributed by atoms with Gasteiger partial charge in [-0.1, -0.05) is 66.4 Å². The van der Waals surface area contributed by atoms with E-state index in [1.165, 1.54) is 4.90 Å². The average molecular weight is 378 g/mol. The molecule has 1 heterocycles. The first kappa shape index (κ1) is 19.8. The summed E-state index contributed by atoms with van der Waals surface area (Å²) in [5, 5.41) is 13.1. The maximum absolute atomic E-state index is 13.1. The quantitative estimate of drug-likeness (QED) is 0.441. The van der Waals surface area contributed by atoms with Gasteiger partial charge in [-0.3, -0.25) is 9.59 Å². The largest absolute Gasteiger partial charge is 0.872 e. The van der Waals surface area contributed by atoms with Crippen molar-refractivity contribution in [1.29, 1.82) is 0 Å². The summed E-state index contributed by atoms with van der Waals surface area (Å²) in [6.45, 7) is 7.26. The fourth-order valence-corrected chi connectivity index (χ4v) is 3.71. The van der Waals surface area contributed by atoms with E-state index < -0.39 is 17.7 Å². The number of quaternary nitrogens is 1. The molecule has 5 nitrogen and oxygen atoms in total. The smallest absolute Gasteiger partial charge is 0.295 e. The first-order valence-corrected chi connectivity index (χ1v) is 9.78. The molecule has 1 amide bonds. The van der Waals surface area contributed by atoms with Crippen LogP contribution in [-0.2, 0) is 9.59 Å². The van der Waals surface area contributed by atoms with E-state index in [9.17, 15) is 14.7 Å². The number of amides is 1. The second-order valence-corrected chi connectivity index (χ2v) is 6.96. The lowest BCUT2D eigenvalue weighted by Gasteiger charge is -2.28. The predicted molar refractivity (Wildman–Crippen MR) is 106 cm³/mol. The Bertz CT molecular complexity index is 858. The van der Waals surface area contributed by atoms with Crippen LogP contribution in [0.2, 0.25) is 0 Å². The summed E-state index contributed by atoms with van der Waals surface area (Å²) < 4.78 is 0. The van der Waals surface area contributed by atoms with Crippen molar-refractivity contribution < 1.29 is 19.6 Å². The minimum absolute atomic E-state index is 0.0527. The van der Waals surface area contributed by atoms with Crippen molar-refractivity contribution in [1.82, 2.24) is 4.90 Å². The van der Waals surface area contributed by atoms with E-state index >= 15 is 0 Å². The normalized spacial score (nSPS) is 18.8. The lowest BCUT2D eigenvalue weighted by atomic mass is 9.95. The SMILES string of the molecule is CC[NH+](CC)CCN1C(=O)C(=O)C(=C([O-])c2ccccc2)C1c1ccccc1. The van der Waals surface area contributed by atoms with Gasteiger partial charge >= 0.3 is 0 Å². The highest BCUT2D eigenvalue weighted by Crippen LogP contribution is 2.38. The van der Waals surface area contributed by atoms with Crippen LogP contribution in [0, 0.1) is 0 Å². The summed E-state index contributed by atoms with van der Waals surface area (Å²) in [6.07, 6.45) is 0. The number of likely N-dealkylation sites (N-methyl/N-ethyl adjacent to an activating group) is 1. The Hall–Kier alpha value is -2.92. The molecule has 0 aliphatic carbocycles. The summed E-state index contributed by atoms with van der Waals surface area (Å²) in [6, 6.07) is 17.4. The molecule has 146 valence electrons. The standard InChI is InChI=1S/C23H26N2O3/c1-3-24(4-2)15-16-25-20(17-11-7-5-8-12-17)19(22(27)23(25)28)21(26)18-13-9-6-10-14-18/h5-14,20,26H,3-4,15-16H2,1-2H3. The molecular weight excluding hydrogens is 352 g/mol. The van der Waals surface area contributed by atoms with Crippen molar-refractivity contribution in [3.8, 4) is 0 Å². The number of benzene rings is 2. The maximum atomic E-state index is 13.1. The number of likely N-dealkylation sites (tertiary alicyclic amines) is 1. The van der Waals surface area contributed by atoms with Crippen LogP contribution in [0.3, 0.4) is 0 Å². The van der Waals surface area contributed by atoms with E-state index in [0.717, 1.165) is 25.2 Å². The van der Waals surface area contributed by atoms with Crippen molar-refractivity contribution in [3.05, 3.63) is 77.4 Å². The molecule has 0 bridgehead atoms. The number of nitrogens with one attached hydrogen (secondary N) is 1. The molecule has 1 atom stereocenters. The number of nitrogens with zero attached hydrogens (tertiary/aromatic N) is 1. The molecular formula is C23H26N2O3. The van der Waals surface area contributed by atoms with Crippen LogP contribution in [0.1, 0.15) is 31.0 Å². The van der Waals surface area contributed by atoms with Crippen LogP contribution in [0.15, 0.2) is 66.2 Å². The number of Topliss-reactive ketones (excluding diaryl/α,β-unsaturated/α-hetero) is 1. The Kier molecular flexibility index (Phi) is 6.26. The number of hydrogen-bond acceptors (Lipinski definition) is 3. The Morgan fingerprint density at radius 1 is 0.964 bits per heavy atom. The van der Waals surface area contributed by atoms with Crippen molar-refractivity contribution in [2.45, 2.75) is 19.9 Å². The number of carbonyl (C=O) groups is 2. The Morgan fingerprint density at radius 2 is 1.54 bits per heavy atom. The van der Waals surface area contributed by atoms with Crippen molar-refractivity contribution in [2.75, 3.05) is 26.2 Å². The molecule has 0 radical (unpaired) electrons. The lowest BCUT2D eigenvalue weighted by molar-refractivity contribution is -0.895. The summed E-state index contributed by atoms with van der Waals surface area (Å²) >= 11 is 0. The van der Waals surface area contributed by atoms with E-state index in [1.807, 2.05) is 36.4 Å². The number of hydrogen-bond donors (Lipinski definition) is 1. The average Bonchev–Trinajstić information content (AvgIpc) is 3.00. The molecule has 3 rings (SSSR count). The zero-order valence-corrected chi connectivity index (χ0v) is 16.4. The van der Waals surface area contributed by atoms with E-state index in [2.05, 4.69) is 13.8 Å². The molecule has 1 aliphatic rings. The summed E-state index contributed by atoms with van der Waals surface area (Å²) in [4.78, 5) is 28.6. The van der Waals surface area contributed by atoms with Crippen LogP contribution < -0.4 is 10.0 Å². The molecule has 2 aromatic rings. The van der Waals surface area contributed by atoms with Gasteiger partial charge in [-0.2, -0.15) is 0 Å². The van der Waals surface area contributed by atoms with Crippen LogP contribution in [0.4, 0.5) is 0 Å². The third kappa shape index (κ3) is 3.85. The van der Waals surface area contributed by atoms with Gasteiger partial charge in [0.1, 0.15) is 0 Å². The van der Waals surface area contributed by atoms with Crippen LogP contribution in [0.5, 0.6) is 0 Å². The van der Waals surface area contributed by atoms with Crippen LogP contribution >= 0.6 is 0 Å². The molecule has 1 saturated heterocycles. The predicted octanol–water partition coefficient (Wildman–Crippen LogP) is 0.835. The van der Waals surface area contributed by atoms with Gasteiger partial charge in [0.2, 0.25) is 5.78 Å². The molecule has 0 aromatic heterocycles. The molecule has 28 heavy (non-hydrogen) atoms. The molecule has 1 fully saturated rings.